The fraction of sp³-hybridized carbons (Fsp3) is 0.444. The first-order chi connectivity index (χ1) is 12.2. The second-order valence-electron chi connectivity index (χ2n) is 6.31. The Labute approximate surface area is 146 Å². The minimum Gasteiger partial charge on any atom is -0.493 e. The third-order valence-electron chi connectivity index (χ3n) is 4.70. The Balaban J connectivity index is 1.66. The number of hydrogen-bond donors (Lipinski definition) is 0. The molecule has 7 heteroatoms. The number of carbonyl (C=O) groups excluding carboxylic acids is 1. The SMILES string of the molecule is COc1cc(C(=O)N2CCC[C@@H]2c2cnn(C)c2)cc2c1OCCO2. The lowest BCUT2D eigenvalue weighted by atomic mass is 10.1. The Morgan fingerprint density at radius 2 is 2.16 bits per heavy atom. The number of methoxy groups -OCH3 is 1. The molecule has 1 amide bonds. The number of likely N-dealkylation sites (tertiary alicyclic amines) is 1. The first-order valence-electron chi connectivity index (χ1n) is 8.44. The molecular weight excluding hydrogens is 322 g/mol. The molecule has 25 heavy (non-hydrogen) atoms. The van der Waals surface area contributed by atoms with Crippen LogP contribution in [0.15, 0.2) is 24.5 Å². The van der Waals surface area contributed by atoms with Crippen LogP contribution in [0.3, 0.4) is 0 Å². The van der Waals surface area contributed by atoms with E-state index in [1.165, 1.54) is 0 Å². The number of fused-ring (bicyclic) bond motifs is 1. The van der Waals surface area contributed by atoms with Crippen molar-refractivity contribution in [3.05, 3.63) is 35.7 Å². The summed E-state index contributed by atoms with van der Waals surface area (Å²) in [6.45, 7) is 1.68. The van der Waals surface area contributed by atoms with Crippen LogP contribution in [0, 0.1) is 0 Å². The summed E-state index contributed by atoms with van der Waals surface area (Å²) in [5.74, 6) is 1.63. The molecule has 0 spiro atoms. The molecule has 0 aliphatic carbocycles. The van der Waals surface area contributed by atoms with E-state index in [0.717, 1.165) is 24.9 Å². The van der Waals surface area contributed by atoms with Crippen molar-refractivity contribution in [1.29, 1.82) is 0 Å². The van der Waals surface area contributed by atoms with Gasteiger partial charge in [-0.2, -0.15) is 5.10 Å². The van der Waals surface area contributed by atoms with Crippen LogP contribution in [0.25, 0.3) is 0 Å². The molecule has 0 N–H and O–H groups in total. The zero-order valence-electron chi connectivity index (χ0n) is 14.4. The van der Waals surface area contributed by atoms with E-state index in [0.29, 0.717) is 36.0 Å². The predicted octanol–water partition coefficient (Wildman–Crippen LogP) is 2.18. The molecule has 4 rings (SSSR count). The summed E-state index contributed by atoms with van der Waals surface area (Å²) in [6, 6.07) is 3.53. The van der Waals surface area contributed by atoms with Gasteiger partial charge < -0.3 is 19.1 Å². The van der Waals surface area contributed by atoms with Crippen LogP contribution in [-0.2, 0) is 7.05 Å². The number of amides is 1. The number of aryl methyl sites for hydroxylation is 1. The van der Waals surface area contributed by atoms with Crippen molar-refractivity contribution in [2.45, 2.75) is 18.9 Å². The monoisotopic (exact) mass is 343 g/mol. The minimum absolute atomic E-state index is 0.0263. The summed E-state index contributed by atoms with van der Waals surface area (Å²) in [6.07, 6.45) is 5.73. The number of hydrogen-bond acceptors (Lipinski definition) is 5. The quantitative estimate of drug-likeness (QED) is 0.855. The molecule has 3 heterocycles. The van der Waals surface area contributed by atoms with E-state index in [4.69, 9.17) is 14.2 Å². The van der Waals surface area contributed by atoms with Crippen LogP contribution in [-0.4, -0.2) is 47.5 Å². The Bertz CT molecular complexity index is 784. The predicted molar refractivity (Wildman–Crippen MR) is 90.2 cm³/mol. The van der Waals surface area contributed by atoms with Gasteiger partial charge in [-0.1, -0.05) is 0 Å². The molecule has 0 radical (unpaired) electrons. The smallest absolute Gasteiger partial charge is 0.254 e. The van der Waals surface area contributed by atoms with E-state index in [1.54, 1.807) is 23.9 Å². The van der Waals surface area contributed by atoms with Crippen LogP contribution >= 0.6 is 0 Å². The van der Waals surface area contributed by atoms with Crippen molar-refractivity contribution >= 4 is 5.91 Å². The highest BCUT2D eigenvalue weighted by atomic mass is 16.6. The number of ether oxygens (including phenoxy) is 3. The molecule has 7 nitrogen and oxygen atoms in total. The topological polar surface area (TPSA) is 65.8 Å². The van der Waals surface area contributed by atoms with Crippen LogP contribution in [0.2, 0.25) is 0 Å². The van der Waals surface area contributed by atoms with Crippen LogP contribution in [0.4, 0.5) is 0 Å². The lowest BCUT2D eigenvalue weighted by Gasteiger charge is -2.26. The van der Waals surface area contributed by atoms with Gasteiger partial charge >= 0.3 is 0 Å². The van der Waals surface area contributed by atoms with Gasteiger partial charge in [0, 0.05) is 30.9 Å². The molecule has 0 saturated carbocycles. The van der Waals surface area contributed by atoms with Gasteiger partial charge in [-0.25, -0.2) is 0 Å². The average Bonchev–Trinajstić information content (AvgIpc) is 3.28. The van der Waals surface area contributed by atoms with Gasteiger partial charge in [-0.15, -0.1) is 0 Å². The Morgan fingerprint density at radius 1 is 1.32 bits per heavy atom. The third kappa shape index (κ3) is 2.79. The summed E-state index contributed by atoms with van der Waals surface area (Å²) in [5, 5.41) is 4.23. The molecule has 0 bridgehead atoms. The highest BCUT2D eigenvalue weighted by Crippen LogP contribution is 2.41. The van der Waals surface area contributed by atoms with Crippen molar-refractivity contribution in [3.8, 4) is 17.2 Å². The lowest BCUT2D eigenvalue weighted by Crippen LogP contribution is -2.30. The van der Waals surface area contributed by atoms with Crippen molar-refractivity contribution < 1.29 is 19.0 Å². The molecule has 1 aromatic carbocycles. The zero-order chi connectivity index (χ0) is 17.4. The van der Waals surface area contributed by atoms with E-state index >= 15 is 0 Å². The van der Waals surface area contributed by atoms with E-state index in [9.17, 15) is 4.79 Å². The summed E-state index contributed by atoms with van der Waals surface area (Å²) >= 11 is 0. The molecule has 132 valence electrons. The Hall–Kier alpha value is -2.70. The summed E-state index contributed by atoms with van der Waals surface area (Å²) in [7, 11) is 3.45. The van der Waals surface area contributed by atoms with Crippen LogP contribution in [0.5, 0.6) is 17.2 Å². The molecule has 0 unspecified atom stereocenters. The molecule has 1 aromatic heterocycles. The lowest BCUT2D eigenvalue weighted by molar-refractivity contribution is 0.0734. The number of aromatic nitrogens is 2. The Kier molecular flexibility index (Phi) is 3.99. The fourth-order valence-corrected chi connectivity index (χ4v) is 3.53. The van der Waals surface area contributed by atoms with Gasteiger partial charge in [0.05, 0.1) is 19.3 Å². The van der Waals surface area contributed by atoms with E-state index in [2.05, 4.69) is 5.10 Å². The van der Waals surface area contributed by atoms with Gasteiger partial charge in [0.1, 0.15) is 13.2 Å². The van der Waals surface area contributed by atoms with Crippen molar-refractivity contribution in [3.63, 3.8) is 0 Å². The van der Waals surface area contributed by atoms with Crippen LogP contribution < -0.4 is 14.2 Å². The number of carbonyl (C=O) groups is 1. The van der Waals surface area contributed by atoms with Crippen molar-refractivity contribution in [2.75, 3.05) is 26.9 Å². The summed E-state index contributed by atoms with van der Waals surface area (Å²) < 4.78 is 18.4. The Morgan fingerprint density at radius 3 is 2.92 bits per heavy atom. The summed E-state index contributed by atoms with van der Waals surface area (Å²) in [4.78, 5) is 15.0. The highest BCUT2D eigenvalue weighted by Gasteiger charge is 2.32. The standard InChI is InChI=1S/C18H21N3O4/c1-20-11-13(10-19-20)14-4-3-5-21(14)18(22)12-8-15(23-2)17-16(9-12)24-6-7-25-17/h8-11,14H,3-7H2,1-2H3/t14-/m1/s1. The largest absolute Gasteiger partial charge is 0.493 e. The van der Waals surface area contributed by atoms with Crippen molar-refractivity contribution in [2.24, 2.45) is 7.05 Å². The first kappa shape index (κ1) is 15.8. The molecule has 2 aliphatic heterocycles. The van der Waals surface area contributed by atoms with E-state index in [-0.39, 0.29) is 11.9 Å². The molecule has 2 aromatic rings. The van der Waals surface area contributed by atoms with Gasteiger partial charge in [-0.3, -0.25) is 9.48 Å². The van der Waals surface area contributed by atoms with E-state index < -0.39 is 0 Å². The van der Waals surface area contributed by atoms with Crippen LogP contribution in [0.1, 0.15) is 34.8 Å². The van der Waals surface area contributed by atoms with Gasteiger partial charge in [0.25, 0.3) is 5.91 Å². The first-order valence-corrected chi connectivity index (χ1v) is 8.44. The average molecular weight is 343 g/mol. The number of nitrogens with zero attached hydrogens (tertiary/aromatic N) is 3. The highest BCUT2D eigenvalue weighted by molar-refractivity contribution is 5.96. The normalized spacial score (nSPS) is 19.1. The van der Waals surface area contributed by atoms with Crippen molar-refractivity contribution in [1.82, 2.24) is 14.7 Å². The molecule has 1 atom stereocenters. The molecular formula is C18H21N3O4. The molecule has 2 aliphatic rings. The minimum atomic E-state index is -0.0263. The van der Waals surface area contributed by atoms with Gasteiger partial charge in [0.2, 0.25) is 5.75 Å². The molecule has 1 fully saturated rings. The molecule has 1 saturated heterocycles. The fourth-order valence-electron chi connectivity index (χ4n) is 3.53. The van der Waals surface area contributed by atoms with Gasteiger partial charge in [-0.05, 0) is 25.0 Å². The second-order valence-corrected chi connectivity index (χ2v) is 6.31. The maximum atomic E-state index is 13.1. The van der Waals surface area contributed by atoms with Gasteiger partial charge in [0.15, 0.2) is 11.5 Å². The summed E-state index contributed by atoms with van der Waals surface area (Å²) in [5.41, 5.74) is 1.62. The maximum absolute atomic E-state index is 13.1. The number of benzene rings is 1. The van der Waals surface area contributed by atoms with E-state index in [1.807, 2.05) is 24.3 Å². The second kappa shape index (κ2) is 6.31. The third-order valence-corrected chi connectivity index (χ3v) is 4.70. The zero-order valence-corrected chi connectivity index (χ0v) is 14.4. The maximum Gasteiger partial charge on any atom is 0.254 e. The number of rotatable bonds is 3.